The molecule has 0 aliphatic rings. The molecule has 17 heavy (non-hydrogen) atoms. The molecule has 96 valence electrons. The van der Waals surface area contributed by atoms with Crippen LogP contribution < -0.4 is 11.1 Å². The van der Waals surface area contributed by atoms with E-state index >= 15 is 0 Å². The summed E-state index contributed by atoms with van der Waals surface area (Å²) >= 11 is 1.90. The molecule has 0 saturated heterocycles. The third-order valence-electron chi connectivity index (χ3n) is 2.39. The quantitative estimate of drug-likeness (QED) is 0.573. The molecule has 2 nitrogen and oxygen atoms in total. The first-order chi connectivity index (χ1) is 8.08. The van der Waals surface area contributed by atoms with Crippen molar-refractivity contribution < 1.29 is 0 Å². The first-order valence-corrected chi connectivity index (χ1v) is 7.22. The molecule has 0 heterocycles. The molecule has 0 spiro atoms. The second kappa shape index (κ2) is 7.62. The molecule has 0 aliphatic carbocycles. The van der Waals surface area contributed by atoms with Gasteiger partial charge in [0.05, 0.1) is 0 Å². The van der Waals surface area contributed by atoms with Crippen molar-refractivity contribution in [2.75, 3.05) is 11.9 Å². The van der Waals surface area contributed by atoms with Crippen LogP contribution in [0.25, 0.3) is 0 Å². The van der Waals surface area contributed by atoms with Crippen molar-refractivity contribution in [3.8, 4) is 0 Å². The molecule has 1 aromatic rings. The third-order valence-corrected chi connectivity index (χ3v) is 3.41. The lowest BCUT2D eigenvalue weighted by molar-refractivity contribution is 0.639. The summed E-state index contributed by atoms with van der Waals surface area (Å²) in [5.41, 5.74) is 6.90. The molecule has 0 saturated carbocycles. The number of hydrogen-bond donors (Lipinski definition) is 2. The number of anilines is 1. The zero-order chi connectivity index (χ0) is 12.7. The number of rotatable bonds is 7. The summed E-state index contributed by atoms with van der Waals surface area (Å²) in [5, 5.41) is 4.05. The van der Waals surface area contributed by atoms with Gasteiger partial charge in [-0.2, -0.15) is 0 Å². The highest BCUT2D eigenvalue weighted by atomic mass is 32.2. The number of nitrogens with two attached hydrogens (primary N) is 1. The number of nitrogens with one attached hydrogen (secondary N) is 1. The van der Waals surface area contributed by atoms with Crippen molar-refractivity contribution in [1.29, 1.82) is 0 Å². The van der Waals surface area contributed by atoms with E-state index in [1.807, 2.05) is 11.8 Å². The van der Waals surface area contributed by atoms with E-state index in [0.717, 1.165) is 19.4 Å². The van der Waals surface area contributed by atoms with Gasteiger partial charge in [0.15, 0.2) is 0 Å². The zero-order valence-electron chi connectivity index (χ0n) is 11.1. The van der Waals surface area contributed by atoms with Crippen molar-refractivity contribution in [2.24, 2.45) is 5.73 Å². The Morgan fingerprint density at radius 3 is 2.35 bits per heavy atom. The predicted octanol–water partition coefficient (Wildman–Crippen LogP) is 3.73. The maximum atomic E-state index is 5.71. The SMILES string of the molecule is CC(N)CCCNc1ccc(SC(C)C)cc1. The lowest BCUT2D eigenvalue weighted by Gasteiger charge is -2.09. The van der Waals surface area contributed by atoms with E-state index in [1.165, 1.54) is 10.6 Å². The summed E-state index contributed by atoms with van der Waals surface area (Å²) in [6, 6.07) is 8.96. The Balaban J connectivity index is 2.30. The molecule has 1 unspecified atom stereocenters. The minimum Gasteiger partial charge on any atom is -0.385 e. The first-order valence-electron chi connectivity index (χ1n) is 6.34. The van der Waals surface area contributed by atoms with E-state index in [-0.39, 0.29) is 0 Å². The van der Waals surface area contributed by atoms with Gasteiger partial charge in [-0.1, -0.05) is 13.8 Å². The average Bonchev–Trinajstić information content (AvgIpc) is 2.25. The average molecular weight is 252 g/mol. The van der Waals surface area contributed by atoms with Gasteiger partial charge < -0.3 is 11.1 Å². The second-order valence-electron chi connectivity index (χ2n) is 4.74. The number of hydrogen-bond acceptors (Lipinski definition) is 3. The van der Waals surface area contributed by atoms with E-state index in [2.05, 4.69) is 50.4 Å². The normalized spacial score (nSPS) is 12.8. The van der Waals surface area contributed by atoms with E-state index in [1.54, 1.807) is 0 Å². The molecule has 0 bridgehead atoms. The minimum atomic E-state index is 0.307. The Morgan fingerprint density at radius 2 is 1.82 bits per heavy atom. The summed E-state index contributed by atoms with van der Waals surface area (Å²) in [5.74, 6) is 0. The van der Waals surface area contributed by atoms with Gasteiger partial charge in [0.1, 0.15) is 0 Å². The van der Waals surface area contributed by atoms with Crippen molar-refractivity contribution in [3.05, 3.63) is 24.3 Å². The summed E-state index contributed by atoms with van der Waals surface area (Å²) in [6.07, 6.45) is 2.20. The lowest BCUT2D eigenvalue weighted by atomic mass is 10.2. The molecular weight excluding hydrogens is 228 g/mol. The van der Waals surface area contributed by atoms with Crippen LogP contribution in [-0.2, 0) is 0 Å². The second-order valence-corrected chi connectivity index (χ2v) is 6.39. The van der Waals surface area contributed by atoms with Crippen molar-refractivity contribution in [2.45, 2.75) is 49.8 Å². The predicted molar refractivity (Wildman–Crippen MR) is 78.8 cm³/mol. The third kappa shape index (κ3) is 6.59. The summed E-state index contributed by atoms with van der Waals surface area (Å²) in [7, 11) is 0. The Bertz CT molecular complexity index is 307. The van der Waals surface area contributed by atoms with Gasteiger partial charge in [-0.15, -0.1) is 11.8 Å². The maximum absolute atomic E-state index is 5.71. The monoisotopic (exact) mass is 252 g/mol. The van der Waals surface area contributed by atoms with Crippen LogP contribution in [-0.4, -0.2) is 17.8 Å². The Kier molecular flexibility index (Phi) is 6.45. The molecule has 1 atom stereocenters. The largest absolute Gasteiger partial charge is 0.385 e. The van der Waals surface area contributed by atoms with E-state index < -0.39 is 0 Å². The smallest absolute Gasteiger partial charge is 0.0340 e. The van der Waals surface area contributed by atoms with Crippen LogP contribution in [0.4, 0.5) is 5.69 Å². The number of thioether (sulfide) groups is 1. The van der Waals surface area contributed by atoms with E-state index in [4.69, 9.17) is 5.73 Å². The van der Waals surface area contributed by atoms with Crippen LogP contribution in [0, 0.1) is 0 Å². The van der Waals surface area contributed by atoms with Gasteiger partial charge in [-0.3, -0.25) is 0 Å². The van der Waals surface area contributed by atoms with Gasteiger partial charge in [0.2, 0.25) is 0 Å². The highest BCUT2D eigenvalue weighted by Crippen LogP contribution is 2.24. The Hall–Kier alpha value is -0.670. The fourth-order valence-corrected chi connectivity index (χ4v) is 2.42. The molecular formula is C14H24N2S. The lowest BCUT2D eigenvalue weighted by Crippen LogP contribution is -2.16. The molecule has 3 N–H and O–H groups in total. The molecule has 0 amide bonds. The van der Waals surface area contributed by atoms with Gasteiger partial charge in [0.25, 0.3) is 0 Å². The van der Waals surface area contributed by atoms with Gasteiger partial charge >= 0.3 is 0 Å². The first kappa shape index (κ1) is 14.4. The minimum absolute atomic E-state index is 0.307. The molecule has 0 radical (unpaired) electrons. The van der Waals surface area contributed by atoms with Gasteiger partial charge in [0, 0.05) is 28.4 Å². The highest BCUT2D eigenvalue weighted by Gasteiger charge is 1.98. The molecule has 1 rings (SSSR count). The summed E-state index contributed by atoms with van der Waals surface area (Å²) in [4.78, 5) is 1.33. The molecule has 3 heteroatoms. The fourth-order valence-electron chi connectivity index (χ4n) is 1.58. The van der Waals surface area contributed by atoms with Crippen LogP contribution in [0.3, 0.4) is 0 Å². The van der Waals surface area contributed by atoms with Gasteiger partial charge in [-0.05, 0) is 44.0 Å². The van der Waals surface area contributed by atoms with Crippen molar-refractivity contribution in [3.63, 3.8) is 0 Å². The molecule has 0 aromatic heterocycles. The Labute approximate surface area is 109 Å². The van der Waals surface area contributed by atoms with Crippen LogP contribution in [0.2, 0.25) is 0 Å². The van der Waals surface area contributed by atoms with Crippen LogP contribution in [0.15, 0.2) is 29.2 Å². The van der Waals surface area contributed by atoms with Crippen LogP contribution in [0.5, 0.6) is 0 Å². The van der Waals surface area contributed by atoms with E-state index in [0.29, 0.717) is 11.3 Å². The van der Waals surface area contributed by atoms with Gasteiger partial charge in [-0.25, -0.2) is 0 Å². The van der Waals surface area contributed by atoms with E-state index in [9.17, 15) is 0 Å². The van der Waals surface area contributed by atoms with Crippen molar-refractivity contribution in [1.82, 2.24) is 0 Å². The summed E-state index contributed by atoms with van der Waals surface area (Å²) < 4.78 is 0. The zero-order valence-corrected chi connectivity index (χ0v) is 11.9. The topological polar surface area (TPSA) is 38.0 Å². The molecule has 0 fully saturated rings. The highest BCUT2D eigenvalue weighted by molar-refractivity contribution is 7.99. The van der Waals surface area contributed by atoms with Crippen LogP contribution in [0.1, 0.15) is 33.6 Å². The summed E-state index contributed by atoms with van der Waals surface area (Å²) in [6.45, 7) is 7.48. The standard InChI is InChI=1S/C14H24N2S/c1-11(2)17-14-8-6-13(7-9-14)16-10-4-5-12(3)15/h6-9,11-12,16H,4-5,10,15H2,1-3H3. The fraction of sp³-hybridized carbons (Fsp3) is 0.571. The van der Waals surface area contributed by atoms with Crippen LogP contribution >= 0.6 is 11.8 Å². The molecule has 0 aliphatic heterocycles. The molecule has 1 aromatic carbocycles. The van der Waals surface area contributed by atoms with Crippen molar-refractivity contribution >= 4 is 17.4 Å². The number of benzene rings is 1. The Morgan fingerprint density at radius 1 is 1.18 bits per heavy atom. The maximum Gasteiger partial charge on any atom is 0.0340 e.